The third-order valence-electron chi connectivity index (χ3n) is 1.14. The van der Waals surface area contributed by atoms with Crippen LogP contribution in [0.3, 0.4) is 0 Å². The summed E-state index contributed by atoms with van der Waals surface area (Å²) in [5, 5.41) is 7.33. The van der Waals surface area contributed by atoms with Gasteiger partial charge in [-0.25, -0.2) is 0 Å². The number of aliphatic hydroxyl groups is 1. The number of hydrogen-bond acceptors (Lipinski definition) is 2. The Morgan fingerprint density at radius 1 is 1.64 bits per heavy atom. The van der Waals surface area contributed by atoms with E-state index >= 15 is 0 Å². The summed E-state index contributed by atoms with van der Waals surface area (Å²) in [7, 11) is 0. The van der Waals surface area contributed by atoms with E-state index in [4.69, 9.17) is 5.11 Å². The Morgan fingerprint density at radius 2 is 2.18 bits per heavy atom. The second-order valence-corrected chi connectivity index (χ2v) is 3.42. The van der Waals surface area contributed by atoms with Crippen LogP contribution in [0, 0.1) is 6.92 Å². The molecule has 0 amide bonds. The van der Waals surface area contributed by atoms with Gasteiger partial charge in [0, 0.05) is 9.75 Å². The molecule has 0 saturated heterocycles. The van der Waals surface area contributed by atoms with Gasteiger partial charge in [0.2, 0.25) is 0 Å². The largest absolute Gasteiger partial charge is 0.516 e. The zero-order chi connectivity index (χ0) is 8.69. The summed E-state index contributed by atoms with van der Waals surface area (Å²) in [5.74, 6) is 0. The normalized spacial score (nSPS) is 8.18. The van der Waals surface area contributed by atoms with Gasteiger partial charge in [0.1, 0.15) is 0 Å². The number of aryl methyl sites for hydroxylation is 2. The molecule has 1 aromatic rings. The zero-order valence-electron chi connectivity index (χ0n) is 7.00. The minimum Gasteiger partial charge on any atom is -0.516 e. The van der Waals surface area contributed by atoms with Crippen LogP contribution in [0.2, 0.25) is 0 Å². The number of rotatable bonds is 1. The second-order valence-electron chi connectivity index (χ2n) is 2.05. The van der Waals surface area contributed by atoms with Crippen molar-refractivity contribution in [3.05, 3.63) is 34.7 Å². The third kappa shape index (κ3) is 4.62. The average molecular weight is 170 g/mol. The van der Waals surface area contributed by atoms with Crippen molar-refractivity contribution in [1.29, 1.82) is 0 Å². The summed E-state index contributed by atoms with van der Waals surface area (Å²) < 4.78 is 0. The molecule has 0 radical (unpaired) electrons. The van der Waals surface area contributed by atoms with Crippen LogP contribution in [-0.4, -0.2) is 5.11 Å². The SMILES string of the molecule is C=CO.CCc1ccc(C)s1. The monoisotopic (exact) mass is 170 g/mol. The van der Waals surface area contributed by atoms with Crippen molar-refractivity contribution in [2.75, 3.05) is 0 Å². The third-order valence-corrected chi connectivity index (χ3v) is 2.29. The van der Waals surface area contributed by atoms with Crippen LogP contribution >= 0.6 is 11.3 Å². The Labute approximate surface area is 72.0 Å². The van der Waals surface area contributed by atoms with Crippen molar-refractivity contribution in [3.8, 4) is 0 Å². The van der Waals surface area contributed by atoms with Crippen LogP contribution in [0.1, 0.15) is 16.7 Å². The van der Waals surface area contributed by atoms with Crippen molar-refractivity contribution < 1.29 is 5.11 Å². The Hall–Kier alpha value is -0.760. The van der Waals surface area contributed by atoms with E-state index in [2.05, 4.69) is 32.6 Å². The Kier molecular flexibility index (Phi) is 5.57. The molecule has 1 heterocycles. The van der Waals surface area contributed by atoms with E-state index in [1.165, 1.54) is 16.2 Å². The van der Waals surface area contributed by atoms with Gasteiger partial charge in [-0.2, -0.15) is 0 Å². The molecule has 0 aliphatic heterocycles. The van der Waals surface area contributed by atoms with Gasteiger partial charge in [-0.15, -0.1) is 11.3 Å². The lowest BCUT2D eigenvalue weighted by Crippen LogP contribution is -1.63. The van der Waals surface area contributed by atoms with Crippen LogP contribution < -0.4 is 0 Å². The van der Waals surface area contributed by atoms with Gasteiger partial charge < -0.3 is 5.11 Å². The van der Waals surface area contributed by atoms with Crippen molar-refractivity contribution >= 4 is 11.3 Å². The first-order valence-corrected chi connectivity index (χ1v) is 4.36. The van der Waals surface area contributed by atoms with Crippen LogP contribution in [0.25, 0.3) is 0 Å². The van der Waals surface area contributed by atoms with Crippen molar-refractivity contribution in [3.63, 3.8) is 0 Å². The van der Waals surface area contributed by atoms with Gasteiger partial charge in [0.25, 0.3) is 0 Å². The van der Waals surface area contributed by atoms with Crippen molar-refractivity contribution in [2.45, 2.75) is 20.3 Å². The fourth-order valence-electron chi connectivity index (χ4n) is 0.675. The maximum absolute atomic E-state index is 7.33. The fraction of sp³-hybridized carbons (Fsp3) is 0.333. The molecule has 1 N–H and O–H groups in total. The molecule has 0 aliphatic rings. The van der Waals surface area contributed by atoms with E-state index < -0.39 is 0 Å². The molecule has 0 unspecified atom stereocenters. The first-order valence-electron chi connectivity index (χ1n) is 3.55. The maximum atomic E-state index is 7.33. The van der Waals surface area contributed by atoms with Crippen LogP contribution in [0.4, 0.5) is 0 Å². The van der Waals surface area contributed by atoms with Gasteiger partial charge in [-0.05, 0) is 25.5 Å². The summed E-state index contributed by atoms with van der Waals surface area (Å²) >= 11 is 1.89. The van der Waals surface area contributed by atoms with Crippen LogP contribution in [0.5, 0.6) is 0 Å². The molecule has 0 spiro atoms. The molecule has 0 aromatic carbocycles. The lowest BCUT2D eigenvalue weighted by atomic mass is 10.4. The maximum Gasteiger partial charge on any atom is 0.0719 e. The molecule has 1 rings (SSSR count). The lowest BCUT2D eigenvalue weighted by Gasteiger charge is -1.80. The highest BCUT2D eigenvalue weighted by molar-refractivity contribution is 7.11. The van der Waals surface area contributed by atoms with Gasteiger partial charge in [-0.3, -0.25) is 0 Å². The molecule has 1 aromatic heterocycles. The highest BCUT2D eigenvalue weighted by Crippen LogP contribution is 2.14. The van der Waals surface area contributed by atoms with E-state index in [1.54, 1.807) is 0 Å². The quantitative estimate of drug-likeness (QED) is 0.641. The molecule has 0 bridgehead atoms. The lowest BCUT2D eigenvalue weighted by molar-refractivity contribution is 0.476. The first-order chi connectivity index (χ1) is 5.24. The smallest absolute Gasteiger partial charge is 0.0719 e. The second kappa shape index (κ2) is 5.98. The Bertz CT molecular complexity index is 203. The highest BCUT2D eigenvalue weighted by Gasteiger charge is 1.89. The molecule has 0 atom stereocenters. The van der Waals surface area contributed by atoms with E-state index in [9.17, 15) is 0 Å². The molecule has 62 valence electrons. The summed E-state index contributed by atoms with van der Waals surface area (Å²) in [4.78, 5) is 2.91. The molecule has 0 fully saturated rings. The Balaban J connectivity index is 0.000000292. The minimum atomic E-state index is 0.750. The molecule has 1 nitrogen and oxygen atoms in total. The summed E-state index contributed by atoms with van der Waals surface area (Å²) in [6.07, 6.45) is 1.93. The van der Waals surface area contributed by atoms with E-state index in [0.29, 0.717) is 0 Å². The number of aliphatic hydroxyl groups excluding tert-OH is 1. The molecule has 0 saturated carbocycles. The minimum absolute atomic E-state index is 0.750. The Morgan fingerprint density at radius 3 is 2.36 bits per heavy atom. The van der Waals surface area contributed by atoms with Crippen molar-refractivity contribution in [2.24, 2.45) is 0 Å². The first kappa shape index (κ1) is 10.2. The van der Waals surface area contributed by atoms with E-state index in [0.717, 1.165) is 6.26 Å². The summed E-state index contributed by atoms with van der Waals surface area (Å²) in [6, 6.07) is 4.36. The van der Waals surface area contributed by atoms with Gasteiger partial charge in [0.15, 0.2) is 0 Å². The van der Waals surface area contributed by atoms with Gasteiger partial charge in [0.05, 0.1) is 6.26 Å². The van der Waals surface area contributed by atoms with Crippen LogP contribution in [-0.2, 0) is 6.42 Å². The number of thiophene rings is 1. The van der Waals surface area contributed by atoms with Gasteiger partial charge in [-0.1, -0.05) is 13.5 Å². The highest BCUT2D eigenvalue weighted by atomic mass is 32.1. The zero-order valence-corrected chi connectivity index (χ0v) is 7.82. The summed E-state index contributed by atoms with van der Waals surface area (Å²) in [6.45, 7) is 7.25. The van der Waals surface area contributed by atoms with Crippen LogP contribution in [0.15, 0.2) is 25.0 Å². The molecular formula is C9H14OS. The predicted octanol–water partition coefficient (Wildman–Crippen LogP) is 3.31. The molecule has 0 aliphatic carbocycles. The molecular weight excluding hydrogens is 156 g/mol. The van der Waals surface area contributed by atoms with Gasteiger partial charge >= 0.3 is 0 Å². The standard InChI is InChI=1S/C7H10S.C2H4O/c1-3-7-5-4-6(2)8-7;1-2-3/h4-5H,3H2,1-2H3;2-3H,1H2. The topological polar surface area (TPSA) is 20.2 Å². The van der Waals surface area contributed by atoms with E-state index in [-0.39, 0.29) is 0 Å². The molecule has 2 heteroatoms. The van der Waals surface area contributed by atoms with E-state index in [1.807, 2.05) is 11.3 Å². The predicted molar refractivity (Wildman–Crippen MR) is 51.3 cm³/mol. The summed E-state index contributed by atoms with van der Waals surface area (Å²) in [5.41, 5.74) is 0. The fourth-order valence-corrected chi connectivity index (χ4v) is 1.51. The molecule has 11 heavy (non-hydrogen) atoms. The van der Waals surface area contributed by atoms with Crippen molar-refractivity contribution in [1.82, 2.24) is 0 Å². The average Bonchev–Trinajstić information content (AvgIpc) is 2.37. The number of hydrogen-bond donors (Lipinski definition) is 1.